The highest BCUT2D eigenvalue weighted by atomic mass is 19.1. The minimum Gasteiger partial charge on any atom is -0.311 e. The topological polar surface area (TPSA) is 66.3 Å². The van der Waals surface area contributed by atoms with E-state index >= 15 is 0 Å². The summed E-state index contributed by atoms with van der Waals surface area (Å²) < 4.78 is 15.4. The number of nitrogens with one attached hydrogen (secondary N) is 1. The molecule has 1 fully saturated rings. The first-order chi connectivity index (χ1) is 17.6. The number of anilines is 1. The lowest BCUT2D eigenvalue weighted by atomic mass is 9.91. The van der Waals surface area contributed by atoms with Gasteiger partial charge in [0, 0.05) is 49.0 Å². The maximum Gasteiger partial charge on any atom is 0.241 e. The lowest BCUT2D eigenvalue weighted by molar-refractivity contribution is -0.120. The first-order valence-electron chi connectivity index (χ1n) is 13.1. The monoisotopic (exact) mass is 504 g/mol. The second-order valence-corrected chi connectivity index (χ2v) is 11.4. The van der Waals surface area contributed by atoms with E-state index in [1.807, 2.05) is 18.0 Å². The Morgan fingerprint density at radius 3 is 2.62 bits per heavy atom. The zero-order chi connectivity index (χ0) is 26.3. The van der Waals surface area contributed by atoms with E-state index in [-0.39, 0.29) is 23.2 Å². The smallest absolute Gasteiger partial charge is 0.241 e. The van der Waals surface area contributed by atoms with E-state index in [1.54, 1.807) is 12.1 Å². The Hall–Kier alpha value is -3.10. The Morgan fingerprint density at radius 1 is 1.16 bits per heavy atom. The van der Waals surface area contributed by atoms with Gasteiger partial charge < -0.3 is 10.2 Å². The van der Waals surface area contributed by atoms with Gasteiger partial charge in [0.2, 0.25) is 5.91 Å². The Morgan fingerprint density at radius 2 is 1.92 bits per heavy atom. The van der Waals surface area contributed by atoms with Gasteiger partial charge in [-0.2, -0.15) is 5.10 Å². The van der Waals surface area contributed by atoms with Gasteiger partial charge in [0.1, 0.15) is 5.82 Å². The molecule has 0 saturated carbocycles. The number of hydrogen-bond donors (Lipinski definition) is 1. The van der Waals surface area contributed by atoms with E-state index in [0.717, 1.165) is 53.5 Å². The number of benzene rings is 1. The van der Waals surface area contributed by atoms with Crippen molar-refractivity contribution in [2.75, 3.05) is 31.1 Å². The first kappa shape index (κ1) is 25.5. The predicted octanol–water partition coefficient (Wildman–Crippen LogP) is 3.61. The van der Waals surface area contributed by atoms with Crippen LogP contribution in [0.1, 0.15) is 49.0 Å². The molecule has 196 valence electrons. The van der Waals surface area contributed by atoms with Gasteiger partial charge in [-0.25, -0.2) is 4.39 Å². The Labute approximate surface area is 218 Å². The SMILES string of the molecule is Cc1cc(C)n(C[C@H]2CN[C@H](C)CN2CC(=O)N2CC(C)(C)c3ncc(Cc4ccc(F)cc4)cc32)n1. The van der Waals surface area contributed by atoms with Crippen LogP contribution in [0.2, 0.25) is 0 Å². The fourth-order valence-electron chi connectivity index (χ4n) is 5.66. The van der Waals surface area contributed by atoms with Crippen molar-refractivity contribution in [1.82, 2.24) is 25.0 Å². The fourth-order valence-corrected chi connectivity index (χ4v) is 5.66. The van der Waals surface area contributed by atoms with Crippen LogP contribution in [-0.4, -0.2) is 63.8 Å². The quantitative estimate of drug-likeness (QED) is 0.556. The molecule has 2 atom stereocenters. The Balaban J connectivity index is 1.36. The van der Waals surface area contributed by atoms with Crippen LogP contribution in [0.4, 0.5) is 10.1 Å². The molecule has 37 heavy (non-hydrogen) atoms. The lowest BCUT2D eigenvalue weighted by Gasteiger charge is -2.39. The van der Waals surface area contributed by atoms with Crippen LogP contribution in [0, 0.1) is 19.7 Å². The van der Waals surface area contributed by atoms with Gasteiger partial charge in [-0.05, 0) is 62.6 Å². The number of fused-ring (bicyclic) bond motifs is 1. The van der Waals surface area contributed by atoms with Crippen molar-refractivity contribution in [2.24, 2.45) is 0 Å². The standard InChI is InChI=1S/C29H37FN6O/c1-19-10-21(3)36(33-19)16-25-14-31-20(2)15-34(25)17-27(37)35-18-29(4,5)28-26(35)12-23(13-32-28)11-22-6-8-24(30)9-7-22/h6-10,12-13,20,25,31H,11,14-18H2,1-5H3/t20-,25-/m1/s1. The molecule has 2 aliphatic rings. The number of rotatable bonds is 6. The van der Waals surface area contributed by atoms with Crippen LogP contribution >= 0.6 is 0 Å². The molecular formula is C29H37FN6O. The molecule has 1 aromatic carbocycles. The summed E-state index contributed by atoms with van der Waals surface area (Å²) in [4.78, 5) is 22.8. The molecule has 0 bridgehead atoms. The molecule has 5 rings (SSSR count). The summed E-state index contributed by atoms with van der Waals surface area (Å²) in [6.07, 6.45) is 2.53. The molecule has 4 heterocycles. The Bertz CT molecular complexity index is 1280. The second-order valence-electron chi connectivity index (χ2n) is 11.4. The van der Waals surface area contributed by atoms with Crippen molar-refractivity contribution in [3.63, 3.8) is 0 Å². The minimum atomic E-state index is -0.243. The molecule has 2 aliphatic heterocycles. The molecule has 0 unspecified atom stereocenters. The largest absolute Gasteiger partial charge is 0.311 e. The highest BCUT2D eigenvalue weighted by molar-refractivity contribution is 5.97. The summed E-state index contributed by atoms with van der Waals surface area (Å²) in [6, 6.07) is 11.2. The van der Waals surface area contributed by atoms with Crippen molar-refractivity contribution in [2.45, 2.75) is 65.1 Å². The number of hydrogen-bond acceptors (Lipinski definition) is 5. The number of pyridine rings is 1. The maximum absolute atomic E-state index is 13.8. The average Bonchev–Trinajstić information content (AvgIpc) is 3.30. The molecule has 8 heteroatoms. The molecule has 1 saturated heterocycles. The van der Waals surface area contributed by atoms with Gasteiger partial charge in [0.15, 0.2) is 0 Å². The summed E-state index contributed by atoms with van der Waals surface area (Å²) in [5.41, 5.74) is 5.80. The van der Waals surface area contributed by atoms with Crippen LogP contribution in [0.15, 0.2) is 42.6 Å². The van der Waals surface area contributed by atoms with Crippen LogP contribution in [0.3, 0.4) is 0 Å². The van der Waals surface area contributed by atoms with E-state index in [2.05, 4.69) is 59.8 Å². The molecule has 0 aliphatic carbocycles. The van der Waals surface area contributed by atoms with Crippen LogP contribution in [0.5, 0.6) is 0 Å². The minimum absolute atomic E-state index is 0.0972. The summed E-state index contributed by atoms with van der Waals surface area (Å²) in [5.74, 6) is -0.146. The first-order valence-corrected chi connectivity index (χ1v) is 13.1. The second kappa shape index (κ2) is 9.99. The zero-order valence-electron chi connectivity index (χ0n) is 22.5. The molecule has 0 radical (unpaired) electrons. The van der Waals surface area contributed by atoms with Crippen molar-refractivity contribution < 1.29 is 9.18 Å². The van der Waals surface area contributed by atoms with Crippen LogP contribution in [-0.2, 0) is 23.2 Å². The lowest BCUT2D eigenvalue weighted by Crippen LogP contribution is -2.59. The van der Waals surface area contributed by atoms with Crippen molar-refractivity contribution in [3.8, 4) is 0 Å². The number of carbonyl (C=O) groups excluding carboxylic acids is 1. The van der Waals surface area contributed by atoms with Gasteiger partial charge in [-0.1, -0.05) is 26.0 Å². The summed E-state index contributed by atoms with van der Waals surface area (Å²) >= 11 is 0. The number of aromatic nitrogens is 3. The van der Waals surface area contributed by atoms with Gasteiger partial charge in [0.25, 0.3) is 0 Å². The van der Waals surface area contributed by atoms with Crippen molar-refractivity contribution >= 4 is 11.6 Å². The normalized spacial score (nSPS) is 21.3. The molecule has 2 aromatic heterocycles. The van der Waals surface area contributed by atoms with Crippen molar-refractivity contribution in [1.29, 1.82) is 0 Å². The molecular weight excluding hydrogens is 467 g/mol. The Kier molecular flexibility index (Phi) is 6.89. The van der Waals surface area contributed by atoms with E-state index in [1.165, 1.54) is 12.1 Å². The van der Waals surface area contributed by atoms with E-state index in [0.29, 0.717) is 25.6 Å². The number of aryl methyl sites for hydroxylation is 2. The van der Waals surface area contributed by atoms with Crippen molar-refractivity contribution in [3.05, 3.63) is 76.6 Å². The highest BCUT2D eigenvalue weighted by Crippen LogP contribution is 2.39. The summed E-state index contributed by atoms with van der Waals surface area (Å²) in [6.45, 7) is 13.9. The molecule has 1 N–H and O–H groups in total. The fraction of sp³-hybridized carbons (Fsp3) is 0.483. The predicted molar refractivity (Wildman–Crippen MR) is 143 cm³/mol. The number of carbonyl (C=O) groups is 1. The summed E-state index contributed by atoms with van der Waals surface area (Å²) in [5, 5.41) is 8.22. The van der Waals surface area contributed by atoms with E-state index < -0.39 is 0 Å². The number of piperazine rings is 1. The van der Waals surface area contributed by atoms with Gasteiger partial charge in [-0.15, -0.1) is 0 Å². The molecule has 1 amide bonds. The third kappa shape index (κ3) is 5.45. The number of amides is 1. The average molecular weight is 505 g/mol. The third-order valence-electron chi connectivity index (χ3n) is 7.58. The molecule has 7 nitrogen and oxygen atoms in total. The molecule has 3 aromatic rings. The van der Waals surface area contributed by atoms with Gasteiger partial charge in [-0.3, -0.25) is 19.4 Å². The third-order valence-corrected chi connectivity index (χ3v) is 7.58. The molecule has 0 spiro atoms. The highest BCUT2D eigenvalue weighted by Gasteiger charge is 2.40. The summed E-state index contributed by atoms with van der Waals surface area (Å²) in [7, 11) is 0. The van der Waals surface area contributed by atoms with E-state index in [4.69, 9.17) is 4.98 Å². The maximum atomic E-state index is 13.8. The number of halogens is 1. The van der Waals surface area contributed by atoms with Crippen LogP contribution in [0.25, 0.3) is 0 Å². The number of nitrogens with zero attached hydrogens (tertiary/aromatic N) is 5. The van der Waals surface area contributed by atoms with Gasteiger partial charge in [0.05, 0.1) is 30.2 Å². The van der Waals surface area contributed by atoms with Crippen LogP contribution < -0.4 is 10.2 Å². The van der Waals surface area contributed by atoms with Gasteiger partial charge >= 0.3 is 0 Å². The van der Waals surface area contributed by atoms with E-state index in [9.17, 15) is 9.18 Å². The zero-order valence-corrected chi connectivity index (χ0v) is 22.5.